The summed E-state index contributed by atoms with van der Waals surface area (Å²) < 4.78 is 0. The van der Waals surface area contributed by atoms with Crippen LogP contribution in [-0.4, -0.2) is 27.9 Å². The van der Waals surface area contributed by atoms with Crippen LogP contribution in [0.3, 0.4) is 0 Å². The maximum Gasteiger partial charge on any atom is 0.255 e. The lowest BCUT2D eigenvalue weighted by atomic mass is 10.2. The van der Waals surface area contributed by atoms with Gasteiger partial charge in [-0.3, -0.25) is 9.78 Å². The fourth-order valence-corrected chi connectivity index (χ4v) is 1.60. The van der Waals surface area contributed by atoms with Crippen molar-refractivity contribution in [2.75, 3.05) is 12.4 Å². The first-order valence-corrected chi connectivity index (χ1v) is 5.61. The number of hydrogen-bond donors (Lipinski definition) is 3. The molecule has 0 atom stereocenters. The lowest BCUT2D eigenvalue weighted by Gasteiger charge is -2.09. The highest BCUT2D eigenvalue weighted by molar-refractivity contribution is 5.99. The minimum absolute atomic E-state index is 0.178. The van der Waals surface area contributed by atoms with Crippen LogP contribution in [0.25, 0.3) is 0 Å². The van der Waals surface area contributed by atoms with Crippen molar-refractivity contribution in [1.82, 2.24) is 20.3 Å². The van der Waals surface area contributed by atoms with E-state index in [1.807, 2.05) is 13.0 Å². The van der Waals surface area contributed by atoms with Crippen LogP contribution in [0.15, 0.2) is 24.7 Å². The molecule has 0 saturated carbocycles. The first-order chi connectivity index (χ1) is 8.70. The first kappa shape index (κ1) is 12.1. The van der Waals surface area contributed by atoms with E-state index < -0.39 is 0 Å². The third-order valence-electron chi connectivity index (χ3n) is 2.53. The van der Waals surface area contributed by atoms with Gasteiger partial charge in [-0.05, 0) is 13.0 Å². The van der Waals surface area contributed by atoms with Crippen LogP contribution in [0.1, 0.15) is 21.9 Å². The summed E-state index contributed by atoms with van der Waals surface area (Å²) >= 11 is 0. The van der Waals surface area contributed by atoms with E-state index in [9.17, 15) is 4.79 Å². The molecular formula is C12H15N5O. The zero-order chi connectivity index (χ0) is 13.0. The largest absolute Gasteiger partial charge is 0.387 e. The standard InChI is InChI=1S/C12H15N5O/c1-8-5-10(13-2)9(6-16-8)12(18)17-7-11-14-3-4-15-11/h3-6H,7H2,1-2H3,(H,13,16)(H,14,15)(H,17,18). The summed E-state index contributed by atoms with van der Waals surface area (Å²) in [5, 5.41) is 5.77. The molecule has 0 aliphatic rings. The number of carbonyl (C=O) groups is 1. The van der Waals surface area contributed by atoms with Gasteiger partial charge in [0.15, 0.2) is 0 Å². The average Bonchev–Trinajstić information content (AvgIpc) is 2.88. The molecule has 0 saturated heterocycles. The molecule has 18 heavy (non-hydrogen) atoms. The molecule has 6 heteroatoms. The predicted octanol–water partition coefficient (Wildman–Crippen LogP) is 1.08. The Labute approximate surface area is 105 Å². The van der Waals surface area contributed by atoms with Gasteiger partial charge >= 0.3 is 0 Å². The van der Waals surface area contributed by atoms with Gasteiger partial charge in [-0.15, -0.1) is 0 Å². The predicted molar refractivity (Wildman–Crippen MR) is 68.3 cm³/mol. The number of rotatable bonds is 4. The third-order valence-corrected chi connectivity index (χ3v) is 2.53. The molecule has 2 heterocycles. The zero-order valence-corrected chi connectivity index (χ0v) is 10.3. The second-order valence-corrected chi connectivity index (χ2v) is 3.84. The summed E-state index contributed by atoms with van der Waals surface area (Å²) in [6, 6.07) is 1.84. The number of imidazole rings is 1. The summed E-state index contributed by atoms with van der Waals surface area (Å²) in [7, 11) is 1.78. The highest BCUT2D eigenvalue weighted by atomic mass is 16.1. The van der Waals surface area contributed by atoms with Crippen LogP contribution in [0, 0.1) is 6.92 Å². The first-order valence-electron chi connectivity index (χ1n) is 5.61. The van der Waals surface area contributed by atoms with Crippen LogP contribution in [0.4, 0.5) is 5.69 Å². The van der Waals surface area contributed by atoms with Crippen molar-refractivity contribution in [2.24, 2.45) is 0 Å². The molecule has 2 rings (SSSR count). The number of carbonyl (C=O) groups excluding carboxylic acids is 1. The topological polar surface area (TPSA) is 82.7 Å². The lowest BCUT2D eigenvalue weighted by Crippen LogP contribution is -2.24. The van der Waals surface area contributed by atoms with E-state index in [1.165, 1.54) is 0 Å². The summed E-state index contributed by atoms with van der Waals surface area (Å²) in [5.74, 6) is 0.540. The van der Waals surface area contributed by atoms with E-state index in [0.717, 1.165) is 17.2 Å². The number of H-pyrrole nitrogens is 1. The Kier molecular flexibility index (Phi) is 3.57. The molecule has 0 aliphatic carbocycles. The van der Waals surface area contributed by atoms with Gasteiger partial charge in [-0.1, -0.05) is 0 Å². The van der Waals surface area contributed by atoms with Crippen molar-refractivity contribution in [3.05, 3.63) is 41.7 Å². The van der Waals surface area contributed by atoms with Gasteiger partial charge in [0.05, 0.1) is 17.8 Å². The van der Waals surface area contributed by atoms with E-state index in [2.05, 4.69) is 25.6 Å². The summed E-state index contributed by atoms with van der Waals surface area (Å²) in [5.41, 5.74) is 2.15. The van der Waals surface area contributed by atoms with Crippen molar-refractivity contribution in [3.8, 4) is 0 Å². The second kappa shape index (κ2) is 5.31. The molecule has 2 aromatic rings. The monoisotopic (exact) mass is 245 g/mol. The molecule has 0 unspecified atom stereocenters. The Hall–Kier alpha value is -2.37. The maximum atomic E-state index is 12.0. The molecule has 0 bridgehead atoms. The fourth-order valence-electron chi connectivity index (χ4n) is 1.60. The van der Waals surface area contributed by atoms with Gasteiger partial charge in [0, 0.05) is 31.3 Å². The van der Waals surface area contributed by atoms with Gasteiger partial charge in [-0.25, -0.2) is 4.98 Å². The quantitative estimate of drug-likeness (QED) is 0.753. The normalized spacial score (nSPS) is 10.1. The van der Waals surface area contributed by atoms with Gasteiger partial charge in [0.2, 0.25) is 0 Å². The Morgan fingerprint density at radius 3 is 2.94 bits per heavy atom. The number of anilines is 1. The Morgan fingerprint density at radius 2 is 2.28 bits per heavy atom. The molecule has 3 N–H and O–H groups in total. The third kappa shape index (κ3) is 2.65. The maximum absolute atomic E-state index is 12.0. The molecule has 6 nitrogen and oxygen atoms in total. The smallest absolute Gasteiger partial charge is 0.255 e. The Bertz CT molecular complexity index is 535. The molecule has 0 spiro atoms. The summed E-state index contributed by atoms with van der Waals surface area (Å²) in [6.07, 6.45) is 4.93. The van der Waals surface area contributed by atoms with Crippen LogP contribution in [0.2, 0.25) is 0 Å². The van der Waals surface area contributed by atoms with E-state index in [-0.39, 0.29) is 5.91 Å². The summed E-state index contributed by atoms with van der Waals surface area (Å²) in [4.78, 5) is 23.1. The lowest BCUT2D eigenvalue weighted by molar-refractivity contribution is 0.0950. The van der Waals surface area contributed by atoms with Crippen molar-refractivity contribution in [1.29, 1.82) is 0 Å². The molecule has 0 aliphatic heterocycles. The number of aromatic nitrogens is 3. The van der Waals surface area contributed by atoms with Crippen molar-refractivity contribution < 1.29 is 4.79 Å². The number of aryl methyl sites for hydroxylation is 1. The van der Waals surface area contributed by atoms with E-state index >= 15 is 0 Å². The molecule has 0 radical (unpaired) electrons. The number of nitrogens with one attached hydrogen (secondary N) is 3. The van der Waals surface area contributed by atoms with Crippen LogP contribution >= 0.6 is 0 Å². The molecule has 94 valence electrons. The van der Waals surface area contributed by atoms with E-state index in [0.29, 0.717) is 12.1 Å². The molecule has 0 aromatic carbocycles. The minimum Gasteiger partial charge on any atom is -0.387 e. The fraction of sp³-hybridized carbons (Fsp3) is 0.250. The molecule has 0 fully saturated rings. The van der Waals surface area contributed by atoms with E-state index in [1.54, 1.807) is 25.6 Å². The second-order valence-electron chi connectivity index (χ2n) is 3.84. The van der Waals surface area contributed by atoms with Crippen molar-refractivity contribution in [3.63, 3.8) is 0 Å². The highest BCUT2D eigenvalue weighted by Crippen LogP contribution is 2.14. The Balaban J connectivity index is 2.09. The minimum atomic E-state index is -0.178. The highest BCUT2D eigenvalue weighted by Gasteiger charge is 2.11. The number of aromatic amines is 1. The number of pyridine rings is 1. The SMILES string of the molecule is CNc1cc(C)ncc1C(=O)NCc1ncc[nH]1. The zero-order valence-electron chi connectivity index (χ0n) is 10.3. The molecular weight excluding hydrogens is 230 g/mol. The summed E-state index contributed by atoms with van der Waals surface area (Å²) in [6.45, 7) is 2.24. The molecule has 2 aromatic heterocycles. The average molecular weight is 245 g/mol. The van der Waals surface area contributed by atoms with Gasteiger partial charge in [0.25, 0.3) is 5.91 Å². The van der Waals surface area contributed by atoms with Gasteiger partial charge < -0.3 is 15.6 Å². The van der Waals surface area contributed by atoms with Crippen LogP contribution < -0.4 is 10.6 Å². The number of hydrogen-bond acceptors (Lipinski definition) is 4. The molecule has 1 amide bonds. The van der Waals surface area contributed by atoms with Gasteiger partial charge in [0.1, 0.15) is 5.82 Å². The van der Waals surface area contributed by atoms with Crippen LogP contribution in [0.5, 0.6) is 0 Å². The number of amides is 1. The Morgan fingerprint density at radius 1 is 1.44 bits per heavy atom. The number of nitrogens with zero attached hydrogens (tertiary/aromatic N) is 2. The van der Waals surface area contributed by atoms with Crippen molar-refractivity contribution in [2.45, 2.75) is 13.5 Å². The van der Waals surface area contributed by atoms with Crippen LogP contribution in [-0.2, 0) is 6.54 Å². The van der Waals surface area contributed by atoms with E-state index in [4.69, 9.17) is 0 Å². The van der Waals surface area contributed by atoms with Gasteiger partial charge in [-0.2, -0.15) is 0 Å². The van der Waals surface area contributed by atoms with Crippen molar-refractivity contribution >= 4 is 11.6 Å².